The van der Waals surface area contributed by atoms with Crippen LogP contribution in [-0.2, 0) is 4.79 Å². The van der Waals surface area contributed by atoms with Crippen LogP contribution < -0.4 is 9.80 Å². The number of Topliss-reactive ketones (excluding diaryl/α,β-unsaturated/α-hetero) is 1. The van der Waals surface area contributed by atoms with Gasteiger partial charge in [0.05, 0.1) is 12.1 Å². The molecule has 2 aromatic rings. The topological polar surface area (TPSA) is 23.6 Å². The molecule has 0 N–H and O–H groups in total. The monoisotopic (exact) mass is 376 g/mol. The number of aryl methyl sites for hydroxylation is 4. The van der Waals surface area contributed by atoms with Crippen molar-refractivity contribution in [2.75, 3.05) is 29.6 Å². The number of ketones is 1. The predicted molar refractivity (Wildman–Crippen MR) is 117 cm³/mol. The lowest BCUT2D eigenvalue weighted by Gasteiger charge is -2.50. The number of anilines is 2. The number of carbonyl (C=O) groups is 1. The van der Waals surface area contributed by atoms with Crippen molar-refractivity contribution in [1.82, 2.24) is 0 Å². The fourth-order valence-corrected chi connectivity index (χ4v) is 4.77. The minimum Gasteiger partial charge on any atom is -0.353 e. The van der Waals surface area contributed by atoms with Crippen molar-refractivity contribution in [3.63, 3.8) is 0 Å². The number of carbonyl (C=O) groups excluding carboxylic acids is 1. The summed E-state index contributed by atoms with van der Waals surface area (Å²) in [5.41, 5.74) is 7.47. The summed E-state index contributed by atoms with van der Waals surface area (Å²) in [4.78, 5) is 18.0. The second kappa shape index (κ2) is 7.27. The molecule has 0 amide bonds. The molecule has 1 spiro atoms. The van der Waals surface area contributed by atoms with E-state index < -0.39 is 0 Å². The minimum absolute atomic E-state index is 0.242. The Labute approximate surface area is 169 Å². The van der Waals surface area contributed by atoms with E-state index in [9.17, 15) is 4.79 Å². The van der Waals surface area contributed by atoms with Crippen molar-refractivity contribution in [1.29, 1.82) is 0 Å². The molecule has 148 valence electrons. The van der Waals surface area contributed by atoms with Gasteiger partial charge in [-0.2, -0.15) is 0 Å². The van der Waals surface area contributed by atoms with E-state index in [1.807, 2.05) is 0 Å². The molecule has 3 heteroatoms. The second-order valence-corrected chi connectivity index (χ2v) is 8.99. The van der Waals surface area contributed by atoms with E-state index in [2.05, 4.69) is 73.9 Å². The van der Waals surface area contributed by atoms with Crippen molar-refractivity contribution in [3.8, 4) is 0 Å². The number of nitrogens with zero attached hydrogens (tertiary/aromatic N) is 2. The number of hydrogen-bond donors (Lipinski definition) is 0. The summed E-state index contributed by atoms with van der Waals surface area (Å²) in [7, 11) is 0. The smallest absolute Gasteiger partial charge is 0.142 e. The average molecular weight is 377 g/mol. The van der Waals surface area contributed by atoms with E-state index >= 15 is 0 Å². The Morgan fingerprint density at radius 3 is 1.75 bits per heavy atom. The van der Waals surface area contributed by atoms with Gasteiger partial charge in [-0.05, 0) is 87.1 Å². The van der Waals surface area contributed by atoms with Crippen LogP contribution in [0.3, 0.4) is 0 Å². The number of rotatable bonds is 2. The molecule has 3 nitrogen and oxygen atoms in total. The molecule has 1 aliphatic heterocycles. The van der Waals surface area contributed by atoms with Gasteiger partial charge in [-0.3, -0.25) is 4.79 Å². The largest absolute Gasteiger partial charge is 0.353 e. The summed E-state index contributed by atoms with van der Waals surface area (Å²) < 4.78 is 0. The zero-order chi connectivity index (χ0) is 19.9. The van der Waals surface area contributed by atoms with Gasteiger partial charge in [0.1, 0.15) is 5.78 Å². The van der Waals surface area contributed by atoms with Crippen molar-refractivity contribution in [3.05, 3.63) is 58.7 Å². The van der Waals surface area contributed by atoms with Crippen LogP contribution in [0.4, 0.5) is 11.4 Å². The highest BCUT2D eigenvalue weighted by molar-refractivity contribution is 5.87. The van der Waals surface area contributed by atoms with Crippen LogP contribution in [0.25, 0.3) is 0 Å². The Kier molecular flexibility index (Phi) is 4.95. The van der Waals surface area contributed by atoms with Gasteiger partial charge >= 0.3 is 0 Å². The number of benzene rings is 2. The van der Waals surface area contributed by atoms with E-state index in [1.54, 1.807) is 0 Å². The second-order valence-electron chi connectivity index (χ2n) is 8.99. The summed E-state index contributed by atoms with van der Waals surface area (Å²) in [5, 5.41) is 0. The summed E-state index contributed by atoms with van der Waals surface area (Å²) in [5.74, 6) is 0.459. The van der Waals surface area contributed by atoms with E-state index in [0.717, 1.165) is 45.4 Å². The van der Waals surface area contributed by atoms with Crippen LogP contribution in [0.2, 0.25) is 0 Å². The molecule has 1 heterocycles. The molecule has 0 unspecified atom stereocenters. The van der Waals surface area contributed by atoms with Gasteiger partial charge in [0.15, 0.2) is 0 Å². The van der Waals surface area contributed by atoms with Crippen LogP contribution in [0.5, 0.6) is 0 Å². The van der Waals surface area contributed by atoms with E-state index in [1.165, 1.54) is 33.6 Å². The molecule has 0 aromatic heterocycles. The first-order valence-electron chi connectivity index (χ1n) is 10.6. The molecular formula is C25H32N2O. The summed E-state index contributed by atoms with van der Waals surface area (Å²) in [6, 6.07) is 13.4. The van der Waals surface area contributed by atoms with Crippen LogP contribution in [0.15, 0.2) is 36.4 Å². The first-order valence-corrected chi connectivity index (χ1v) is 10.6. The third-order valence-electron chi connectivity index (χ3n) is 6.94. The average Bonchev–Trinajstić information content (AvgIpc) is 2.68. The maximum atomic E-state index is 13.1. The molecule has 2 fully saturated rings. The van der Waals surface area contributed by atoms with Gasteiger partial charge in [-0.25, -0.2) is 0 Å². The minimum atomic E-state index is -0.242. The molecule has 1 saturated heterocycles. The van der Waals surface area contributed by atoms with Crippen LogP contribution in [0.1, 0.15) is 47.9 Å². The van der Waals surface area contributed by atoms with Crippen LogP contribution in [-0.4, -0.2) is 25.5 Å². The normalized spacial score (nSPS) is 19.4. The third-order valence-corrected chi connectivity index (χ3v) is 6.94. The summed E-state index contributed by atoms with van der Waals surface area (Å²) in [6.07, 6.45) is 3.96. The maximum absolute atomic E-state index is 13.1. The maximum Gasteiger partial charge on any atom is 0.142 e. The van der Waals surface area contributed by atoms with Crippen LogP contribution in [0, 0.1) is 33.1 Å². The zero-order valence-electron chi connectivity index (χ0n) is 17.7. The molecule has 4 rings (SSSR count). The molecule has 2 aliphatic rings. The first-order chi connectivity index (χ1) is 13.4. The Morgan fingerprint density at radius 2 is 1.29 bits per heavy atom. The SMILES string of the molecule is Cc1ccc(N2CN(c3ccc(C)c(C)c3)CC3(CCCCC3=O)C2)cc1C. The molecule has 1 aliphatic carbocycles. The van der Waals surface area contributed by atoms with Crippen LogP contribution >= 0.6 is 0 Å². The zero-order valence-corrected chi connectivity index (χ0v) is 17.7. The predicted octanol–water partition coefficient (Wildman–Crippen LogP) is 5.33. The van der Waals surface area contributed by atoms with Gasteiger partial charge in [-0.1, -0.05) is 18.6 Å². The Bertz CT molecular complexity index is 842. The van der Waals surface area contributed by atoms with Crippen molar-refractivity contribution in [2.24, 2.45) is 5.41 Å². The third kappa shape index (κ3) is 3.43. The number of hydrogen-bond acceptors (Lipinski definition) is 3. The van der Waals surface area contributed by atoms with Gasteiger partial charge in [0.2, 0.25) is 0 Å². The fourth-order valence-electron chi connectivity index (χ4n) is 4.77. The quantitative estimate of drug-likeness (QED) is 0.707. The lowest BCUT2D eigenvalue weighted by atomic mass is 9.71. The fraction of sp³-hybridized carbons (Fsp3) is 0.480. The molecule has 1 saturated carbocycles. The Balaban J connectivity index is 1.73. The van der Waals surface area contributed by atoms with E-state index in [-0.39, 0.29) is 5.41 Å². The first kappa shape index (κ1) is 19.0. The highest BCUT2D eigenvalue weighted by Gasteiger charge is 2.45. The molecule has 0 radical (unpaired) electrons. The standard InChI is InChI=1S/C25H32N2O/c1-18-8-10-22(13-20(18)3)26-15-25(12-6-5-7-24(25)28)16-27(17-26)23-11-9-19(2)21(4)14-23/h8-11,13-14H,5-7,12,15-17H2,1-4H3. The molecule has 0 atom stereocenters. The van der Waals surface area contributed by atoms with E-state index in [0.29, 0.717) is 5.78 Å². The Morgan fingerprint density at radius 1 is 0.750 bits per heavy atom. The van der Waals surface area contributed by atoms with Crippen molar-refractivity contribution in [2.45, 2.75) is 53.4 Å². The Hall–Kier alpha value is -2.29. The van der Waals surface area contributed by atoms with E-state index in [4.69, 9.17) is 0 Å². The lowest BCUT2D eigenvalue weighted by Crippen LogP contribution is -2.60. The molecule has 2 aromatic carbocycles. The van der Waals surface area contributed by atoms with Crippen molar-refractivity contribution >= 4 is 17.2 Å². The van der Waals surface area contributed by atoms with Crippen molar-refractivity contribution < 1.29 is 4.79 Å². The molecule has 28 heavy (non-hydrogen) atoms. The van der Waals surface area contributed by atoms with Gasteiger partial charge in [0, 0.05) is 30.9 Å². The van der Waals surface area contributed by atoms with Gasteiger partial charge < -0.3 is 9.80 Å². The van der Waals surface area contributed by atoms with Gasteiger partial charge in [0.25, 0.3) is 0 Å². The highest BCUT2D eigenvalue weighted by Crippen LogP contribution is 2.40. The molecule has 0 bridgehead atoms. The molecular weight excluding hydrogens is 344 g/mol. The summed E-state index contributed by atoms with van der Waals surface area (Å²) in [6.45, 7) is 11.2. The highest BCUT2D eigenvalue weighted by atomic mass is 16.1. The summed E-state index contributed by atoms with van der Waals surface area (Å²) >= 11 is 0. The lowest BCUT2D eigenvalue weighted by molar-refractivity contribution is -0.130. The van der Waals surface area contributed by atoms with Gasteiger partial charge in [-0.15, -0.1) is 0 Å².